The number of benzene rings is 2. The molecule has 136 valence electrons. The number of ether oxygens (including phenoxy) is 2. The Bertz CT molecular complexity index is 797. The molecule has 0 aliphatic carbocycles. The summed E-state index contributed by atoms with van der Waals surface area (Å²) in [5, 5.41) is 2.74. The predicted octanol–water partition coefficient (Wildman–Crippen LogP) is 3.28. The van der Waals surface area contributed by atoms with E-state index in [1.807, 2.05) is 30.3 Å². The number of rotatable bonds is 8. The van der Waals surface area contributed by atoms with Gasteiger partial charge in [-0.3, -0.25) is 9.59 Å². The van der Waals surface area contributed by atoms with Gasteiger partial charge in [0.15, 0.2) is 17.3 Å². The number of carbonyl (C=O) groups excluding carboxylic acids is 2. The van der Waals surface area contributed by atoms with Gasteiger partial charge in [-0.25, -0.2) is 0 Å². The first-order valence-corrected chi connectivity index (χ1v) is 8.32. The minimum Gasteiger partial charge on any atom is -0.493 e. The highest BCUT2D eigenvalue weighted by Gasteiger charge is 2.15. The summed E-state index contributed by atoms with van der Waals surface area (Å²) in [5.74, 6) is 0.802. The van der Waals surface area contributed by atoms with Crippen molar-refractivity contribution in [2.45, 2.75) is 13.3 Å². The first-order chi connectivity index (χ1) is 12.5. The fraction of sp³-hybridized carbons (Fsp3) is 0.238. The summed E-state index contributed by atoms with van der Waals surface area (Å²) in [5.41, 5.74) is 2.26. The van der Waals surface area contributed by atoms with Crippen molar-refractivity contribution < 1.29 is 19.1 Å². The summed E-state index contributed by atoms with van der Waals surface area (Å²) in [4.78, 5) is 23.8. The number of amides is 1. The van der Waals surface area contributed by atoms with Crippen LogP contribution in [0.25, 0.3) is 6.08 Å². The summed E-state index contributed by atoms with van der Waals surface area (Å²) in [7, 11) is 3.08. The van der Waals surface area contributed by atoms with Crippen LogP contribution in [0.4, 0.5) is 0 Å². The third-order valence-corrected chi connectivity index (χ3v) is 3.87. The molecule has 0 radical (unpaired) electrons. The molecule has 2 rings (SSSR count). The Morgan fingerprint density at radius 3 is 2.31 bits per heavy atom. The minimum absolute atomic E-state index is 0.109. The lowest BCUT2D eigenvalue weighted by atomic mass is 9.99. The second-order valence-corrected chi connectivity index (χ2v) is 5.71. The number of allylic oxidation sites excluding steroid dienone is 1. The molecule has 0 aromatic heterocycles. The van der Waals surface area contributed by atoms with Crippen LogP contribution in [0.1, 0.15) is 28.4 Å². The molecule has 5 nitrogen and oxygen atoms in total. The molecule has 0 aliphatic rings. The average Bonchev–Trinajstić information content (AvgIpc) is 2.66. The van der Waals surface area contributed by atoms with E-state index in [4.69, 9.17) is 9.47 Å². The highest BCUT2D eigenvalue weighted by atomic mass is 16.5. The smallest absolute Gasteiger partial charge is 0.216 e. The monoisotopic (exact) mass is 353 g/mol. The van der Waals surface area contributed by atoms with E-state index >= 15 is 0 Å². The molecule has 2 aromatic rings. The molecule has 0 saturated carbocycles. The molecule has 0 spiro atoms. The highest BCUT2D eigenvalue weighted by Crippen LogP contribution is 2.31. The summed E-state index contributed by atoms with van der Waals surface area (Å²) in [6, 6.07) is 13.1. The van der Waals surface area contributed by atoms with E-state index < -0.39 is 0 Å². The third-order valence-electron chi connectivity index (χ3n) is 3.87. The van der Waals surface area contributed by atoms with Gasteiger partial charge < -0.3 is 14.8 Å². The largest absolute Gasteiger partial charge is 0.493 e. The number of carbonyl (C=O) groups is 2. The van der Waals surface area contributed by atoms with E-state index in [2.05, 4.69) is 5.32 Å². The zero-order chi connectivity index (χ0) is 18.9. The van der Waals surface area contributed by atoms with Crippen LogP contribution in [0.15, 0.2) is 48.5 Å². The van der Waals surface area contributed by atoms with Gasteiger partial charge in [0.25, 0.3) is 0 Å². The summed E-state index contributed by atoms with van der Waals surface area (Å²) in [6.45, 7) is 1.90. The van der Waals surface area contributed by atoms with E-state index in [1.165, 1.54) is 14.0 Å². The Balaban J connectivity index is 2.31. The van der Waals surface area contributed by atoms with Gasteiger partial charge in [0.1, 0.15) is 0 Å². The maximum absolute atomic E-state index is 12.7. The lowest BCUT2D eigenvalue weighted by Crippen LogP contribution is -2.23. The third kappa shape index (κ3) is 5.21. The number of hydrogen-bond acceptors (Lipinski definition) is 4. The molecule has 1 amide bonds. The second kappa shape index (κ2) is 9.42. The standard InChI is InChI=1S/C21H23NO4/c1-15(23)22-12-11-17-13-20(25-2)21(26-3)14-18(17)19(24)10-9-16-7-5-4-6-8-16/h4-10,13-14H,11-12H2,1-3H3,(H,22,23)/b10-9+. The number of hydrogen-bond donors (Lipinski definition) is 1. The average molecular weight is 353 g/mol. The van der Waals surface area contributed by atoms with Crippen molar-refractivity contribution in [2.75, 3.05) is 20.8 Å². The van der Waals surface area contributed by atoms with Crippen molar-refractivity contribution in [1.29, 1.82) is 0 Å². The van der Waals surface area contributed by atoms with Crippen molar-refractivity contribution >= 4 is 17.8 Å². The number of ketones is 1. The lowest BCUT2D eigenvalue weighted by molar-refractivity contribution is -0.118. The first kappa shape index (κ1) is 19.2. The maximum atomic E-state index is 12.7. The Kier molecular flexibility index (Phi) is 6.97. The molecule has 0 atom stereocenters. The Morgan fingerprint density at radius 1 is 1.04 bits per heavy atom. The minimum atomic E-state index is -0.132. The predicted molar refractivity (Wildman–Crippen MR) is 102 cm³/mol. The van der Waals surface area contributed by atoms with Crippen molar-refractivity contribution in [3.63, 3.8) is 0 Å². The van der Waals surface area contributed by atoms with Gasteiger partial charge in [0.05, 0.1) is 14.2 Å². The van der Waals surface area contributed by atoms with Gasteiger partial charge >= 0.3 is 0 Å². The van der Waals surface area contributed by atoms with Crippen molar-refractivity contribution in [3.05, 3.63) is 65.2 Å². The van der Waals surface area contributed by atoms with Gasteiger partial charge in [0.2, 0.25) is 5.91 Å². The molecular weight excluding hydrogens is 330 g/mol. The van der Waals surface area contributed by atoms with Crippen LogP contribution in [-0.2, 0) is 11.2 Å². The van der Waals surface area contributed by atoms with Crippen LogP contribution in [-0.4, -0.2) is 32.5 Å². The number of nitrogens with one attached hydrogen (secondary N) is 1. The Hall–Kier alpha value is -3.08. The summed E-state index contributed by atoms with van der Waals surface area (Å²) in [6.07, 6.45) is 3.83. The molecule has 0 bridgehead atoms. The number of methoxy groups -OCH3 is 2. The van der Waals surface area contributed by atoms with Crippen LogP contribution < -0.4 is 14.8 Å². The summed E-state index contributed by atoms with van der Waals surface area (Å²) >= 11 is 0. The fourth-order valence-electron chi connectivity index (χ4n) is 2.56. The SMILES string of the molecule is COc1cc(CCNC(C)=O)c(C(=O)/C=C/c2ccccc2)cc1OC. The van der Waals surface area contributed by atoms with Crippen molar-refractivity contribution in [3.8, 4) is 11.5 Å². The van der Waals surface area contributed by atoms with Crippen LogP contribution in [0.3, 0.4) is 0 Å². The molecule has 0 aliphatic heterocycles. The van der Waals surface area contributed by atoms with Crippen LogP contribution >= 0.6 is 0 Å². The maximum Gasteiger partial charge on any atom is 0.216 e. The van der Waals surface area contributed by atoms with Gasteiger partial charge in [-0.1, -0.05) is 36.4 Å². The zero-order valence-corrected chi connectivity index (χ0v) is 15.2. The normalized spacial score (nSPS) is 10.6. The lowest BCUT2D eigenvalue weighted by Gasteiger charge is -2.14. The van der Waals surface area contributed by atoms with Gasteiger partial charge in [-0.15, -0.1) is 0 Å². The van der Waals surface area contributed by atoms with Crippen molar-refractivity contribution in [2.24, 2.45) is 0 Å². The molecule has 2 aromatic carbocycles. The first-order valence-electron chi connectivity index (χ1n) is 8.32. The van der Waals surface area contributed by atoms with Crippen LogP contribution in [0.5, 0.6) is 11.5 Å². The highest BCUT2D eigenvalue weighted by molar-refractivity contribution is 6.08. The molecule has 1 N–H and O–H groups in total. The zero-order valence-electron chi connectivity index (χ0n) is 15.2. The van der Waals surface area contributed by atoms with Crippen molar-refractivity contribution in [1.82, 2.24) is 5.32 Å². The molecular formula is C21H23NO4. The molecule has 5 heteroatoms. The molecule has 0 heterocycles. The molecule has 0 saturated heterocycles. The fourth-order valence-corrected chi connectivity index (χ4v) is 2.56. The Labute approximate surface area is 153 Å². The van der Waals surface area contributed by atoms with E-state index in [0.29, 0.717) is 30.0 Å². The van der Waals surface area contributed by atoms with E-state index in [0.717, 1.165) is 11.1 Å². The quantitative estimate of drug-likeness (QED) is 0.584. The topological polar surface area (TPSA) is 64.6 Å². The van der Waals surface area contributed by atoms with Crippen LogP contribution in [0, 0.1) is 0 Å². The molecule has 26 heavy (non-hydrogen) atoms. The molecule has 0 unspecified atom stereocenters. The Morgan fingerprint density at radius 2 is 1.69 bits per heavy atom. The summed E-state index contributed by atoms with van der Waals surface area (Å²) < 4.78 is 10.6. The van der Waals surface area contributed by atoms with Gasteiger partial charge in [-0.2, -0.15) is 0 Å². The van der Waals surface area contributed by atoms with E-state index in [9.17, 15) is 9.59 Å². The van der Waals surface area contributed by atoms with E-state index in [-0.39, 0.29) is 11.7 Å². The van der Waals surface area contributed by atoms with Crippen LogP contribution in [0.2, 0.25) is 0 Å². The second-order valence-electron chi connectivity index (χ2n) is 5.71. The molecule has 0 fully saturated rings. The van der Waals surface area contributed by atoms with Gasteiger partial charge in [-0.05, 0) is 35.8 Å². The van der Waals surface area contributed by atoms with E-state index in [1.54, 1.807) is 31.4 Å². The van der Waals surface area contributed by atoms with Gasteiger partial charge in [0, 0.05) is 19.0 Å².